The van der Waals surface area contributed by atoms with Crippen LogP contribution >= 0.6 is 11.3 Å². The third-order valence-electron chi connectivity index (χ3n) is 4.70. The molecule has 164 valence electrons. The molecule has 1 amide bonds. The molecule has 3 aromatic rings. The number of rotatable bonds is 8. The second-order valence-electron chi connectivity index (χ2n) is 6.97. The van der Waals surface area contributed by atoms with Crippen LogP contribution in [0, 0.1) is 0 Å². The van der Waals surface area contributed by atoms with Crippen LogP contribution in [0.2, 0.25) is 0 Å². The van der Waals surface area contributed by atoms with Gasteiger partial charge in [-0.3, -0.25) is 9.69 Å². The fourth-order valence-corrected chi connectivity index (χ4v) is 4.10. The van der Waals surface area contributed by atoms with Gasteiger partial charge < -0.3 is 19.1 Å². The fraction of sp³-hybridized carbons (Fsp3) is 0.318. The summed E-state index contributed by atoms with van der Waals surface area (Å²) in [7, 11) is 8.38. The molecule has 0 spiro atoms. The van der Waals surface area contributed by atoms with E-state index in [4.69, 9.17) is 19.2 Å². The van der Waals surface area contributed by atoms with Gasteiger partial charge in [0.25, 0.3) is 5.91 Å². The number of methoxy groups -OCH3 is 3. The van der Waals surface area contributed by atoms with E-state index in [1.165, 1.54) is 18.4 Å². The largest absolute Gasteiger partial charge is 0.495 e. The van der Waals surface area contributed by atoms with E-state index >= 15 is 0 Å². The van der Waals surface area contributed by atoms with Gasteiger partial charge in [0, 0.05) is 18.7 Å². The van der Waals surface area contributed by atoms with Crippen LogP contribution in [-0.4, -0.2) is 70.3 Å². The van der Waals surface area contributed by atoms with Gasteiger partial charge in [-0.25, -0.2) is 9.78 Å². The third-order valence-corrected chi connectivity index (χ3v) is 5.79. The lowest BCUT2D eigenvalue weighted by atomic mass is 10.1. The zero-order valence-electron chi connectivity index (χ0n) is 18.2. The predicted octanol–water partition coefficient (Wildman–Crippen LogP) is 3.31. The van der Waals surface area contributed by atoms with Gasteiger partial charge in [-0.05, 0) is 50.5 Å². The second kappa shape index (κ2) is 9.76. The Hall–Kier alpha value is -3.17. The number of hydrogen-bond acceptors (Lipinski definition) is 8. The van der Waals surface area contributed by atoms with E-state index in [9.17, 15) is 9.59 Å². The number of ether oxygens (including phenoxy) is 3. The number of anilines is 1. The molecule has 0 bridgehead atoms. The number of carbonyl (C=O) groups excluding carboxylic acids is 2. The van der Waals surface area contributed by atoms with E-state index in [0.29, 0.717) is 46.4 Å². The minimum atomic E-state index is -0.450. The Balaban J connectivity index is 2.02. The Morgan fingerprint density at radius 3 is 2.10 bits per heavy atom. The molecule has 0 aliphatic carbocycles. The van der Waals surface area contributed by atoms with Crippen molar-refractivity contribution in [1.29, 1.82) is 0 Å². The van der Waals surface area contributed by atoms with Gasteiger partial charge in [-0.2, -0.15) is 0 Å². The molecule has 0 radical (unpaired) electrons. The molecule has 3 rings (SSSR count). The van der Waals surface area contributed by atoms with Crippen LogP contribution in [0.4, 0.5) is 5.13 Å². The normalized spacial score (nSPS) is 10.9. The highest BCUT2D eigenvalue weighted by molar-refractivity contribution is 7.22. The summed E-state index contributed by atoms with van der Waals surface area (Å²) in [5, 5.41) is 0.543. The molecule has 0 saturated carbocycles. The number of hydrogen-bond donors (Lipinski definition) is 0. The molecule has 0 fully saturated rings. The van der Waals surface area contributed by atoms with Crippen LogP contribution in [0.1, 0.15) is 20.7 Å². The van der Waals surface area contributed by atoms with Gasteiger partial charge in [0.1, 0.15) is 21.7 Å². The Morgan fingerprint density at radius 2 is 1.52 bits per heavy atom. The van der Waals surface area contributed by atoms with Crippen molar-refractivity contribution in [2.24, 2.45) is 0 Å². The zero-order valence-corrected chi connectivity index (χ0v) is 19.0. The summed E-state index contributed by atoms with van der Waals surface area (Å²) < 4.78 is 16.4. The maximum atomic E-state index is 13.4. The monoisotopic (exact) mass is 443 g/mol. The maximum absolute atomic E-state index is 13.4. The molecule has 31 heavy (non-hydrogen) atoms. The van der Waals surface area contributed by atoms with Crippen molar-refractivity contribution in [2.45, 2.75) is 0 Å². The second-order valence-corrected chi connectivity index (χ2v) is 7.95. The van der Waals surface area contributed by atoms with E-state index in [-0.39, 0.29) is 5.91 Å². The van der Waals surface area contributed by atoms with E-state index in [0.717, 1.165) is 4.70 Å². The van der Waals surface area contributed by atoms with Gasteiger partial charge in [-0.15, -0.1) is 0 Å². The van der Waals surface area contributed by atoms with Crippen LogP contribution in [0.15, 0.2) is 36.4 Å². The fourth-order valence-electron chi connectivity index (χ4n) is 3.00. The third kappa shape index (κ3) is 4.78. The van der Waals surface area contributed by atoms with Crippen LogP contribution in [0.3, 0.4) is 0 Å². The highest BCUT2D eigenvalue weighted by atomic mass is 32.1. The minimum absolute atomic E-state index is 0.213. The lowest BCUT2D eigenvalue weighted by Crippen LogP contribution is -2.36. The summed E-state index contributed by atoms with van der Waals surface area (Å²) >= 11 is 1.37. The maximum Gasteiger partial charge on any atom is 0.337 e. The molecule has 0 saturated heterocycles. The minimum Gasteiger partial charge on any atom is -0.495 e. The van der Waals surface area contributed by atoms with Gasteiger partial charge in [-0.1, -0.05) is 11.3 Å². The van der Waals surface area contributed by atoms with Crippen molar-refractivity contribution in [3.05, 3.63) is 47.5 Å². The SMILES string of the molecule is COC(=O)c1ccc(C(=O)N(CCN(C)C)c2nc3c(OC)ccc(OC)c3s2)cc1. The summed E-state index contributed by atoms with van der Waals surface area (Å²) in [5.41, 5.74) is 1.48. The summed E-state index contributed by atoms with van der Waals surface area (Å²) in [6.07, 6.45) is 0. The smallest absolute Gasteiger partial charge is 0.337 e. The average molecular weight is 444 g/mol. The predicted molar refractivity (Wildman–Crippen MR) is 121 cm³/mol. The summed E-state index contributed by atoms with van der Waals surface area (Å²) in [4.78, 5) is 33.4. The van der Waals surface area contributed by atoms with E-state index in [1.807, 2.05) is 25.1 Å². The van der Waals surface area contributed by atoms with Crippen molar-refractivity contribution < 1.29 is 23.8 Å². The lowest BCUT2D eigenvalue weighted by molar-refractivity contribution is 0.0600. The topological polar surface area (TPSA) is 81.2 Å². The zero-order chi connectivity index (χ0) is 22.5. The Kier molecular flexibility index (Phi) is 7.09. The number of benzene rings is 2. The molecule has 0 aliphatic heterocycles. The highest BCUT2D eigenvalue weighted by Gasteiger charge is 2.24. The molecule has 0 N–H and O–H groups in total. The van der Waals surface area contributed by atoms with Crippen LogP contribution in [0.5, 0.6) is 11.5 Å². The standard InChI is InChI=1S/C22H25N3O5S/c1-24(2)12-13-25(20(26)14-6-8-15(9-7-14)21(27)30-5)22-23-18-16(28-3)10-11-17(29-4)19(18)31-22/h6-11H,12-13H2,1-5H3. The van der Waals surface area contributed by atoms with Crippen molar-refractivity contribution >= 4 is 38.6 Å². The average Bonchev–Trinajstić information content (AvgIpc) is 3.22. The Labute approximate surface area is 184 Å². The van der Waals surface area contributed by atoms with Crippen molar-refractivity contribution in [2.75, 3.05) is 53.4 Å². The van der Waals surface area contributed by atoms with Gasteiger partial charge in [0.05, 0.1) is 26.9 Å². The first-order valence-electron chi connectivity index (χ1n) is 9.56. The van der Waals surface area contributed by atoms with Crippen LogP contribution in [0.25, 0.3) is 10.2 Å². The molecule has 1 aromatic heterocycles. The first kappa shape index (κ1) is 22.5. The van der Waals surface area contributed by atoms with E-state index < -0.39 is 5.97 Å². The van der Waals surface area contributed by atoms with Gasteiger partial charge in [0.15, 0.2) is 5.13 Å². The van der Waals surface area contributed by atoms with Gasteiger partial charge >= 0.3 is 5.97 Å². The molecule has 0 aliphatic rings. The Bertz CT molecular complexity index is 1040. The van der Waals surface area contributed by atoms with Crippen LogP contribution in [-0.2, 0) is 4.74 Å². The Morgan fingerprint density at radius 1 is 0.903 bits per heavy atom. The number of amides is 1. The number of fused-ring (bicyclic) bond motifs is 1. The molecular weight excluding hydrogens is 418 g/mol. The number of esters is 1. The van der Waals surface area contributed by atoms with Crippen molar-refractivity contribution in [3.63, 3.8) is 0 Å². The van der Waals surface area contributed by atoms with Crippen LogP contribution < -0.4 is 14.4 Å². The van der Waals surface area contributed by atoms with Crippen molar-refractivity contribution in [3.8, 4) is 11.5 Å². The molecule has 1 heterocycles. The first-order chi connectivity index (χ1) is 14.9. The summed E-state index contributed by atoms with van der Waals surface area (Å²) in [5.74, 6) is 0.617. The quantitative estimate of drug-likeness (QED) is 0.494. The molecule has 0 unspecified atom stereocenters. The number of carbonyl (C=O) groups is 2. The lowest BCUT2D eigenvalue weighted by Gasteiger charge is -2.22. The molecule has 8 nitrogen and oxygen atoms in total. The van der Waals surface area contributed by atoms with E-state index in [2.05, 4.69) is 0 Å². The van der Waals surface area contributed by atoms with Crippen molar-refractivity contribution in [1.82, 2.24) is 9.88 Å². The molecule has 2 aromatic carbocycles. The number of nitrogens with zero attached hydrogens (tertiary/aromatic N) is 3. The summed E-state index contributed by atoms with van der Waals surface area (Å²) in [6, 6.07) is 10.0. The number of likely N-dealkylation sites (N-methyl/N-ethyl adjacent to an activating group) is 1. The van der Waals surface area contributed by atoms with E-state index in [1.54, 1.807) is 49.5 Å². The number of thiazole rings is 1. The highest BCUT2D eigenvalue weighted by Crippen LogP contribution is 2.40. The molecule has 9 heteroatoms. The first-order valence-corrected chi connectivity index (χ1v) is 10.4. The van der Waals surface area contributed by atoms with Gasteiger partial charge in [0.2, 0.25) is 0 Å². The molecular formula is C22H25N3O5S. The summed E-state index contributed by atoms with van der Waals surface area (Å²) in [6.45, 7) is 1.09. The molecule has 0 atom stereocenters. The number of aromatic nitrogens is 1.